The predicted octanol–water partition coefficient (Wildman–Crippen LogP) is 2.37. The van der Waals surface area contributed by atoms with Crippen molar-refractivity contribution in [3.63, 3.8) is 0 Å². The smallest absolute Gasteiger partial charge is 0.153 e. The largest absolute Gasteiger partial charge is 0.506 e. The van der Waals surface area contributed by atoms with Crippen LogP contribution >= 0.6 is 0 Å². The molecular weight excluding hydrogens is 218 g/mol. The Bertz CT molecular complexity index is 568. The highest BCUT2D eigenvalue weighted by atomic mass is 16.3. The lowest BCUT2D eigenvalue weighted by molar-refractivity contribution is 0.476. The van der Waals surface area contributed by atoms with E-state index < -0.39 is 0 Å². The summed E-state index contributed by atoms with van der Waals surface area (Å²) in [7, 11) is 0. The summed E-state index contributed by atoms with van der Waals surface area (Å²) in [5.74, 6) is 0.575. The van der Waals surface area contributed by atoms with Gasteiger partial charge in [0.15, 0.2) is 5.82 Å². The monoisotopic (exact) mass is 229 g/mol. The van der Waals surface area contributed by atoms with Gasteiger partial charge in [-0.15, -0.1) is 10.2 Å². The number of phenols is 1. The van der Waals surface area contributed by atoms with Crippen LogP contribution in [-0.2, 0) is 0 Å². The number of nitrogens with zero attached hydrogens (tertiary/aromatic N) is 3. The predicted molar refractivity (Wildman–Crippen MR) is 65.3 cm³/mol. The first-order valence-corrected chi connectivity index (χ1v) is 4.88. The van der Waals surface area contributed by atoms with Crippen molar-refractivity contribution in [3.8, 4) is 5.75 Å². The molecule has 0 spiro atoms. The molecule has 0 aliphatic rings. The lowest BCUT2D eigenvalue weighted by Crippen LogP contribution is -1.95. The van der Waals surface area contributed by atoms with Gasteiger partial charge in [-0.1, -0.05) is 12.1 Å². The van der Waals surface area contributed by atoms with Crippen LogP contribution in [0.2, 0.25) is 0 Å². The minimum Gasteiger partial charge on any atom is -0.506 e. The highest BCUT2D eigenvalue weighted by Gasteiger charge is 2.00. The van der Waals surface area contributed by atoms with Crippen LogP contribution in [0.3, 0.4) is 0 Å². The molecule has 1 aromatic carbocycles. The second kappa shape index (κ2) is 4.48. The van der Waals surface area contributed by atoms with Gasteiger partial charge in [-0.25, -0.2) is 4.98 Å². The molecule has 0 radical (unpaired) electrons. The fourth-order valence-electron chi connectivity index (χ4n) is 1.22. The van der Waals surface area contributed by atoms with Crippen LogP contribution in [0.4, 0.5) is 23.0 Å². The molecule has 0 unspecified atom stereocenters. The molecule has 0 bridgehead atoms. The molecule has 0 aliphatic carbocycles. The molecule has 86 valence electrons. The summed E-state index contributed by atoms with van der Waals surface area (Å²) in [6.07, 6.45) is 0. The minimum absolute atomic E-state index is 0.0539. The molecule has 0 atom stereocenters. The first-order chi connectivity index (χ1) is 8.16. The second-order valence-electron chi connectivity index (χ2n) is 3.33. The number of hydrogen-bond donors (Lipinski definition) is 3. The summed E-state index contributed by atoms with van der Waals surface area (Å²) in [6, 6.07) is 9.81. The van der Waals surface area contributed by atoms with Crippen LogP contribution in [0.1, 0.15) is 0 Å². The Hall–Kier alpha value is -2.63. The number of aromatic hydroxyl groups is 1. The van der Waals surface area contributed by atoms with E-state index >= 15 is 0 Å². The topological polar surface area (TPSA) is 110 Å². The Morgan fingerprint density at radius 3 is 2.35 bits per heavy atom. The quantitative estimate of drug-likeness (QED) is 0.686. The second-order valence-corrected chi connectivity index (χ2v) is 3.33. The Balaban J connectivity index is 2.29. The molecule has 1 aromatic heterocycles. The number of aromatic nitrogens is 1. The normalized spacial score (nSPS) is 10.8. The number of hydrogen-bond acceptors (Lipinski definition) is 6. The molecular formula is C11H11N5O. The summed E-state index contributed by atoms with van der Waals surface area (Å²) < 4.78 is 0. The van der Waals surface area contributed by atoms with Crippen molar-refractivity contribution >= 4 is 23.0 Å². The van der Waals surface area contributed by atoms with E-state index in [1.807, 2.05) is 0 Å². The molecule has 17 heavy (non-hydrogen) atoms. The summed E-state index contributed by atoms with van der Waals surface area (Å²) >= 11 is 0. The molecule has 6 heteroatoms. The van der Waals surface area contributed by atoms with E-state index in [1.165, 1.54) is 6.07 Å². The number of rotatable bonds is 2. The van der Waals surface area contributed by atoms with E-state index in [2.05, 4.69) is 15.2 Å². The number of para-hydroxylation sites is 1. The number of anilines is 2. The Kier molecular flexibility index (Phi) is 2.87. The van der Waals surface area contributed by atoms with E-state index in [-0.39, 0.29) is 11.6 Å². The molecule has 2 aromatic rings. The van der Waals surface area contributed by atoms with Crippen molar-refractivity contribution in [1.29, 1.82) is 0 Å². The number of nitrogen functional groups attached to an aromatic ring is 2. The van der Waals surface area contributed by atoms with Crippen molar-refractivity contribution in [2.45, 2.75) is 0 Å². The third-order valence-electron chi connectivity index (χ3n) is 2.07. The Labute approximate surface area is 97.6 Å². The van der Waals surface area contributed by atoms with Crippen molar-refractivity contribution in [1.82, 2.24) is 4.98 Å². The van der Waals surface area contributed by atoms with E-state index in [1.54, 1.807) is 30.3 Å². The van der Waals surface area contributed by atoms with Gasteiger partial charge >= 0.3 is 0 Å². The van der Waals surface area contributed by atoms with Crippen LogP contribution in [0.15, 0.2) is 46.6 Å². The van der Waals surface area contributed by atoms with E-state index in [4.69, 9.17) is 11.5 Å². The Morgan fingerprint density at radius 1 is 0.941 bits per heavy atom. The zero-order valence-corrected chi connectivity index (χ0v) is 8.91. The average molecular weight is 229 g/mol. The molecule has 5 N–H and O–H groups in total. The molecule has 1 heterocycles. The van der Waals surface area contributed by atoms with Gasteiger partial charge in [0.1, 0.15) is 22.9 Å². The number of pyridine rings is 1. The molecule has 0 aliphatic heterocycles. The van der Waals surface area contributed by atoms with E-state index in [0.717, 1.165) is 0 Å². The van der Waals surface area contributed by atoms with Crippen LogP contribution in [0.25, 0.3) is 0 Å². The van der Waals surface area contributed by atoms with Gasteiger partial charge in [0.2, 0.25) is 0 Å². The SMILES string of the molecule is Nc1ccc(N=Nc2ccccc2O)c(N)n1. The fourth-order valence-corrected chi connectivity index (χ4v) is 1.22. The molecule has 0 saturated carbocycles. The van der Waals surface area contributed by atoms with Crippen LogP contribution < -0.4 is 11.5 Å². The summed E-state index contributed by atoms with van der Waals surface area (Å²) in [5, 5.41) is 17.3. The van der Waals surface area contributed by atoms with Gasteiger partial charge in [0, 0.05) is 0 Å². The summed E-state index contributed by atoms with van der Waals surface area (Å²) in [4.78, 5) is 3.85. The number of benzene rings is 1. The molecule has 0 saturated heterocycles. The number of nitrogens with two attached hydrogens (primary N) is 2. The maximum Gasteiger partial charge on any atom is 0.153 e. The number of phenolic OH excluding ortho intramolecular Hbond substituents is 1. The van der Waals surface area contributed by atoms with E-state index in [9.17, 15) is 5.11 Å². The highest BCUT2D eigenvalue weighted by Crippen LogP contribution is 2.28. The van der Waals surface area contributed by atoms with Gasteiger partial charge in [-0.05, 0) is 24.3 Å². The first kappa shape index (κ1) is 10.9. The average Bonchev–Trinajstić information content (AvgIpc) is 2.30. The summed E-state index contributed by atoms with van der Waals surface area (Å²) in [6.45, 7) is 0. The van der Waals surface area contributed by atoms with Gasteiger partial charge in [0.05, 0.1) is 0 Å². The number of azo groups is 1. The lowest BCUT2D eigenvalue weighted by atomic mass is 10.3. The van der Waals surface area contributed by atoms with Crippen LogP contribution in [0.5, 0.6) is 5.75 Å². The van der Waals surface area contributed by atoms with Gasteiger partial charge in [-0.3, -0.25) is 0 Å². The van der Waals surface area contributed by atoms with Crippen molar-refractivity contribution < 1.29 is 5.11 Å². The third-order valence-corrected chi connectivity index (χ3v) is 2.07. The van der Waals surface area contributed by atoms with Gasteiger partial charge in [0.25, 0.3) is 0 Å². The van der Waals surface area contributed by atoms with Crippen LogP contribution in [-0.4, -0.2) is 10.1 Å². The van der Waals surface area contributed by atoms with Crippen LogP contribution in [0, 0.1) is 0 Å². The molecule has 2 rings (SSSR count). The van der Waals surface area contributed by atoms with E-state index in [0.29, 0.717) is 17.2 Å². The fraction of sp³-hybridized carbons (Fsp3) is 0. The van der Waals surface area contributed by atoms with Gasteiger partial charge in [-0.2, -0.15) is 0 Å². The lowest BCUT2D eigenvalue weighted by Gasteiger charge is -1.99. The molecule has 0 amide bonds. The van der Waals surface area contributed by atoms with Crippen molar-refractivity contribution in [2.24, 2.45) is 10.2 Å². The Morgan fingerprint density at radius 2 is 1.65 bits per heavy atom. The first-order valence-electron chi connectivity index (χ1n) is 4.88. The molecule has 6 nitrogen and oxygen atoms in total. The minimum atomic E-state index is 0.0539. The highest BCUT2D eigenvalue weighted by molar-refractivity contribution is 5.60. The van der Waals surface area contributed by atoms with Gasteiger partial charge < -0.3 is 16.6 Å². The zero-order chi connectivity index (χ0) is 12.3. The standard InChI is InChI=1S/C11H11N5O/c12-10-6-5-8(11(13)14-10)16-15-7-3-1-2-4-9(7)17/h1-6,17H,(H4,12,13,14). The third kappa shape index (κ3) is 2.49. The maximum atomic E-state index is 9.48. The van der Waals surface area contributed by atoms with Crippen molar-refractivity contribution in [3.05, 3.63) is 36.4 Å². The molecule has 0 fully saturated rings. The zero-order valence-electron chi connectivity index (χ0n) is 8.91. The van der Waals surface area contributed by atoms with Crippen molar-refractivity contribution in [2.75, 3.05) is 11.5 Å². The maximum absolute atomic E-state index is 9.48. The summed E-state index contributed by atoms with van der Waals surface area (Å²) in [5.41, 5.74) is 11.8.